The number of ether oxygens (including phenoxy) is 1. The highest BCUT2D eigenvalue weighted by Gasteiger charge is 2.41. The Bertz CT molecular complexity index is 1300. The number of nitrogens with one attached hydrogen (secondary N) is 1. The highest BCUT2D eigenvalue weighted by Crippen LogP contribution is 2.39. The Balaban J connectivity index is 1.84. The number of fused-ring (bicyclic) bond motifs is 2. The molecule has 0 amide bonds. The molecule has 4 heterocycles. The topological polar surface area (TPSA) is 71.9 Å². The largest absolute Gasteiger partial charge is 0.450 e. The van der Waals surface area contributed by atoms with Crippen LogP contribution in [0.15, 0.2) is 30.5 Å². The summed E-state index contributed by atoms with van der Waals surface area (Å²) >= 11 is 0. The molecular formula is C19H14F6N6O. The predicted octanol–water partition coefficient (Wildman–Crippen LogP) is 4.17. The first-order valence-corrected chi connectivity index (χ1v) is 9.47. The van der Waals surface area contributed by atoms with Gasteiger partial charge < -0.3 is 9.64 Å². The maximum Gasteiger partial charge on any atom is 0.450 e. The summed E-state index contributed by atoms with van der Waals surface area (Å²) in [5.41, 5.74) is -1.64. The maximum atomic E-state index is 13.9. The van der Waals surface area contributed by atoms with Crippen molar-refractivity contribution in [3.05, 3.63) is 42.0 Å². The van der Waals surface area contributed by atoms with E-state index < -0.39 is 29.5 Å². The van der Waals surface area contributed by atoms with Crippen molar-refractivity contribution in [1.29, 1.82) is 0 Å². The van der Waals surface area contributed by atoms with Gasteiger partial charge in [0.2, 0.25) is 5.82 Å². The van der Waals surface area contributed by atoms with E-state index in [-0.39, 0.29) is 43.2 Å². The quantitative estimate of drug-likeness (QED) is 0.459. The number of pyridine rings is 1. The molecule has 1 aliphatic rings. The molecule has 1 aliphatic heterocycles. The van der Waals surface area contributed by atoms with Gasteiger partial charge in [-0.2, -0.15) is 31.4 Å². The zero-order chi connectivity index (χ0) is 22.7. The number of halogens is 6. The van der Waals surface area contributed by atoms with Gasteiger partial charge in [-0.3, -0.25) is 9.67 Å². The first-order chi connectivity index (χ1) is 15.1. The second-order valence-electron chi connectivity index (χ2n) is 7.21. The van der Waals surface area contributed by atoms with Gasteiger partial charge in [0.05, 0.1) is 30.6 Å². The van der Waals surface area contributed by atoms with E-state index in [1.54, 1.807) is 0 Å². The molecular weight excluding hydrogens is 442 g/mol. The van der Waals surface area contributed by atoms with E-state index in [4.69, 9.17) is 4.74 Å². The van der Waals surface area contributed by atoms with E-state index in [1.165, 1.54) is 29.3 Å². The summed E-state index contributed by atoms with van der Waals surface area (Å²) in [4.78, 5) is 8.83. The van der Waals surface area contributed by atoms with Crippen LogP contribution in [0.4, 0.5) is 32.0 Å². The van der Waals surface area contributed by atoms with Crippen LogP contribution in [0.2, 0.25) is 0 Å². The Morgan fingerprint density at radius 2 is 1.69 bits per heavy atom. The summed E-state index contributed by atoms with van der Waals surface area (Å²) in [5, 5.41) is 6.98. The number of alkyl halides is 6. The van der Waals surface area contributed by atoms with Crippen LogP contribution in [0.5, 0.6) is 0 Å². The molecule has 1 fully saturated rings. The molecule has 0 saturated carbocycles. The van der Waals surface area contributed by atoms with Crippen molar-refractivity contribution in [2.45, 2.75) is 12.4 Å². The smallest absolute Gasteiger partial charge is 0.378 e. The molecule has 1 saturated heterocycles. The van der Waals surface area contributed by atoms with Gasteiger partial charge in [-0.05, 0) is 24.3 Å². The van der Waals surface area contributed by atoms with Crippen molar-refractivity contribution in [2.75, 3.05) is 31.2 Å². The predicted molar refractivity (Wildman–Crippen MR) is 102 cm³/mol. The maximum absolute atomic E-state index is 13.9. The van der Waals surface area contributed by atoms with Crippen molar-refractivity contribution >= 4 is 27.8 Å². The fourth-order valence-electron chi connectivity index (χ4n) is 3.73. The summed E-state index contributed by atoms with van der Waals surface area (Å²) in [6, 6.07) is 4.95. The molecule has 1 N–H and O–H groups in total. The number of H-pyrrole nitrogens is 1. The third-order valence-corrected chi connectivity index (χ3v) is 5.17. The minimum atomic E-state index is -4.94. The fraction of sp³-hybridized carbons (Fsp3) is 0.316. The van der Waals surface area contributed by atoms with Crippen molar-refractivity contribution in [1.82, 2.24) is 24.7 Å². The van der Waals surface area contributed by atoms with Crippen LogP contribution >= 0.6 is 0 Å². The third-order valence-electron chi connectivity index (χ3n) is 5.17. The Morgan fingerprint density at radius 1 is 0.938 bits per heavy atom. The molecule has 0 radical (unpaired) electrons. The highest BCUT2D eigenvalue weighted by atomic mass is 19.4. The van der Waals surface area contributed by atoms with Gasteiger partial charge in [-0.25, -0.2) is 9.97 Å². The van der Waals surface area contributed by atoms with Gasteiger partial charge >= 0.3 is 12.4 Å². The molecule has 0 unspecified atom stereocenters. The van der Waals surface area contributed by atoms with Crippen LogP contribution < -0.4 is 4.90 Å². The van der Waals surface area contributed by atoms with Gasteiger partial charge in [0.25, 0.3) is 0 Å². The number of anilines is 1. The number of morpholine rings is 1. The van der Waals surface area contributed by atoms with Crippen LogP contribution in [0.3, 0.4) is 0 Å². The molecule has 0 bridgehead atoms. The fourth-order valence-corrected chi connectivity index (χ4v) is 3.73. The SMILES string of the molecule is FC(F)(F)c1cc(N2CCOCC2)c2nc(C(F)(F)F)n(-c3ccc4[nH]ncc4c3)c2n1. The van der Waals surface area contributed by atoms with E-state index in [9.17, 15) is 26.3 Å². The van der Waals surface area contributed by atoms with Gasteiger partial charge in [0, 0.05) is 24.2 Å². The minimum Gasteiger partial charge on any atom is -0.378 e. The number of imidazole rings is 1. The van der Waals surface area contributed by atoms with E-state index >= 15 is 0 Å². The number of rotatable bonds is 2. The average molecular weight is 456 g/mol. The lowest BCUT2D eigenvalue weighted by Crippen LogP contribution is -2.36. The summed E-state index contributed by atoms with van der Waals surface area (Å²) in [6.45, 7) is 0.890. The molecule has 5 rings (SSSR count). The Labute approximate surface area is 175 Å². The van der Waals surface area contributed by atoms with Crippen molar-refractivity contribution in [3.63, 3.8) is 0 Å². The van der Waals surface area contributed by atoms with Crippen molar-refractivity contribution < 1.29 is 31.1 Å². The van der Waals surface area contributed by atoms with Crippen molar-refractivity contribution in [2.24, 2.45) is 0 Å². The molecule has 13 heteroatoms. The second-order valence-corrected chi connectivity index (χ2v) is 7.21. The van der Waals surface area contributed by atoms with E-state index in [2.05, 4.69) is 20.2 Å². The van der Waals surface area contributed by atoms with Gasteiger partial charge in [-0.1, -0.05) is 0 Å². The van der Waals surface area contributed by atoms with Gasteiger partial charge in [-0.15, -0.1) is 0 Å². The monoisotopic (exact) mass is 456 g/mol. The van der Waals surface area contributed by atoms with Gasteiger partial charge in [0.15, 0.2) is 5.65 Å². The van der Waals surface area contributed by atoms with Crippen molar-refractivity contribution in [3.8, 4) is 5.69 Å². The molecule has 7 nitrogen and oxygen atoms in total. The lowest BCUT2D eigenvalue weighted by atomic mass is 10.2. The highest BCUT2D eigenvalue weighted by molar-refractivity contribution is 5.89. The van der Waals surface area contributed by atoms with Crippen LogP contribution in [0, 0.1) is 0 Å². The van der Waals surface area contributed by atoms with Gasteiger partial charge in [0.1, 0.15) is 11.2 Å². The van der Waals surface area contributed by atoms with Crippen LogP contribution in [-0.2, 0) is 17.1 Å². The zero-order valence-corrected chi connectivity index (χ0v) is 16.1. The van der Waals surface area contributed by atoms with E-state index in [0.29, 0.717) is 15.5 Å². The lowest BCUT2D eigenvalue weighted by Gasteiger charge is -2.29. The Hall–Kier alpha value is -3.35. The molecule has 3 aromatic heterocycles. The summed E-state index contributed by atoms with van der Waals surface area (Å²) in [5.74, 6) is -1.36. The number of aromatic amines is 1. The Morgan fingerprint density at radius 3 is 2.38 bits per heavy atom. The molecule has 0 spiro atoms. The summed E-state index contributed by atoms with van der Waals surface area (Å²) in [6.07, 6.45) is -8.40. The number of benzene rings is 1. The van der Waals surface area contributed by atoms with E-state index in [1.807, 2.05) is 0 Å². The summed E-state index contributed by atoms with van der Waals surface area (Å²) < 4.78 is 88.6. The molecule has 0 aliphatic carbocycles. The second kappa shape index (κ2) is 7.08. The third kappa shape index (κ3) is 3.42. The normalized spacial score (nSPS) is 15.8. The number of nitrogens with zero attached hydrogens (tertiary/aromatic N) is 5. The average Bonchev–Trinajstić information content (AvgIpc) is 3.36. The Kier molecular flexibility index (Phi) is 4.55. The zero-order valence-electron chi connectivity index (χ0n) is 16.1. The van der Waals surface area contributed by atoms with E-state index in [0.717, 1.165) is 6.07 Å². The van der Waals surface area contributed by atoms with Crippen LogP contribution in [-0.4, -0.2) is 51.0 Å². The summed E-state index contributed by atoms with van der Waals surface area (Å²) in [7, 11) is 0. The van der Waals surface area contributed by atoms with Crippen LogP contribution in [0.25, 0.3) is 27.8 Å². The molecule has 1 aromatic carbocycles. The lowest BCUT2D eigenvalue weighted by molar-refractivity contribution is -0.145. The first kappa shape index (κ1) is 20.5. The molecule has 168 valence electrons. The number of hydrogen-bond donors (Lipinski definition) is 1. The number of aromatic nitrogens is 5. The van der Waals surface area contributed by atoms with Crippen LogP contribution in [0.1, 0.15) is 11.5 Å². The minimum absolute atomic E-state index is 0.0338. The number of hydrogen-bond acceptors (Lipinski definition) is 5. The standard InChI is InChI=1S/C19H14F6N6O/c20-18(21,22)14-8-13(30-3-5-32-6-4-30)15-16(27-14)31(17(28-15)19(23,24)25)11-1-2-12-10(7-11)9-26-29-12/h1-2,7-9H,3-6H2,(H,26,29). The first-order valence-electron chi connectivity index (χ1n) is 9.47. The molecule has 0 atom stereocenters. The molecule has 32 heavy (non-hydrogen) atoms. The molecule has 4 aromatic rings.